The zero-order valence-corrected chi connectivity index (χ0v) is 11.4. The molecule has 0 aliphatic rings. The van der Waals surface area contributed by atoms with E-state index in [9.17, 15) is 0 Å². The normalized spacial score (nSPS) is 12.5. The Morgan fingerprint density at radius 3 is 2.53 bits per heavy atom. The molecule has 1 aromatic heterocycles. The minimum Gasteiger partial charge on any atom is -0.354 e. The molecule has 0 radical (unpaired) electrons. The van der Waals surface area contributed by atoms with Crippen molar-refractivity contribution >= 4 is 16.5 Å². The third-order valence-corrected chi connectivity index (χ3v) is 3.53. The van der Waals surface area contributed by atoms with Crippen molar-refractivity contribution in [3.8, 4) is 0 Å². The minimum atomic E-state index is 0.253. The van der Waals surface area contributed by atoms with Gasteiger partial charge in [-0.1, -0.05) is 35.1 Å². The van der Waals surface area contributed by atoms with E-state index in [0.717, 1.165) is 10.1 Å². The fraction of sp³-hybridized carbons (Fsp3) is 0.385. The number of aryl methyl sites for hydroxylation is 3. The van der Waals surface area contributed by atoms with Crippen molar-refractivity contribution in [1.82, 2.24) is 10.2 Å². The molecule has 4 heteroatoms. The fourth-order valence-corrected chi connectivity index (χ4v) is 2.61. The molecule has 1 atom stereocenters. The molecule has 0 aliphatic heterocycles. The van der Waals surface area contributed by atoms with Crippen molar-refractivity contribution in [2.45, 2.75) is 33.7 Å². The first kappa shape index (κ1) is 12.0. The quantitative estimate of drug-likeness (QED) is 0.900. The molecule has 17 heavy (non-hydrogen) atoms. The third-order valence-electron chi connectivity index (χ3n) is 2.76. The molecule has 1 N–H and O–H groups in total. The average molecular weight is 247 g/mol. The van der Waals surface area contributed by atoms with E-state index in [4.69, 9.17) is 0 Å². The molecule has 2 rings (SSSR count). The lowest BCUT2D eigenvalue weighted by Gasteiger charge is -2.16. The summed E-state index contributed by atoms with van der Waals surface area (Å²) < 4.78 is 0. The van der Waals surface area contributed by atoms with Gasteiger partial charge in [0.05, 0.1) is 6.04 Å². The molecule has 0 bridgehead atoms. The summed E-state index contributed by atoms with van der Waals surface area (Å²) in [7, 11) is 0. The first-order valence-electron chi connectivity index (χ1n) is 5.70. The Kier molecular flexibility index (Phi) is 3.43. The molecule has 0 aliphatic carbocycles. The topological polar surface area (TPSA) is 37.8 Å². The van der Waals surface area contributed by atoms with Gasteiger partial charge < -0.3 is 5.32 Å². The van der Waals surface area contributed by atoms with Crippen LogP contribution in [0.25, 0.3) is 0 Å². The van der Waals surface area contributed by atoms with E-state index in [2.05, 4.69) is 54.5 Å². The standard InChI is InChI=1S/C13H17N3S/c1-8-5-6-12(9(2)7-8)10(3)14-13-16-15-11(4)17-13/h5-7,10H,1-4H3,(H,14,16). The second-order valence-corrected chi connectivity index (χ2v) is 5.53. The molecular formula is C13H17N3S. The lowest BCUT2D eigenvalue weighted by atomic mass is 10.0. The fourth-order valence-electron chi connectivity index (χ4n) is 1.93. The summed E-state index contributed by atoms with van der Waals surface area (Å²) in [6.07, 6.45) is 0. The number of hydrogen-bond acceptors (Lipinski definition) is 4. The summed E-state index contributed by atoms with van der Waals surface area (Å²) >= 11 is 1.59. The third kappa shape index (κ3) is 2.82. The Balaban J connectivity index is 2.17. The zero-order valence-electron chi connectivity index (χ0n) is 10.6. The summed E-state index contributed by atoms with van der Waals surface area (Å²) in [6, 6.07) is 6.78. The lowest BCUT2D eigenvalue weighted by Crippen LogP contribution is -2.08. The molecule has 0 amide bonds. The highest BCUT2D eigenvalue weighted by molar-refractivity contribution is 7.15. The summed E-state index contributed by atoms with van der Waals surface area (Å²) in [4.78, 5) is 0. The largest absolute Gasteiger partial charge is 0.354 e. The zero-order chi connectivity index (χ0) is 12.4. The van der Waals surface area contributed by atoms with Gasteiger partial charge in [0.15, 0.2) is 0 Å². The summed E-state index contributed by atoms with van der Waals surface area (Å²) in [5, 5.41) is 13.3. The van der Waals surface area contributed by atoms with Gasteiger partial charge in [-0.05, 0) is 38.8 Å². The number of nitrogens with one attached hydrogen (secondary N) is 1. The molecule has 0 saturated carbocycles. The van der Waals surface area contributed by atoms with E-state index < -0.39 is 0 Å². The second-order valence-electron chi connectivity index (χ2n) is 4.35. The molecule has 90 valence electrons. The lowest BCUT2D eigenvalue weighted by molar-refractivity contribution is 0.862. The predicted molar refractivity (Wildman–Crippen MR) is 72.6 cm³/mol. The van der Waals surface area contributed by atoms with E-state index in [1.165, 1.54) is 16.7 Å². The summed E-state index contributed by atoms with van der Waals surface area (Å²) in [5.74, 6) is 0. The van der Waals surface area contributed by atoms with Crippen LogP contribution in [0.5, 0.6) is 0 Å². The van der Waals surface area contributed by atoms with Crippen LogP contribution in [0, 0.1) is 20.8 Å². The van der Waals surface area contributed by atoms with E-state index >= 15 is 0 Å². The highest BCUT2D eigenvalue weighted by Crippen LogP contribution is 2.24. The molecule has 1 aromatic carbocycles. The van der Waals surface area contributed by atoms with Gasteiger partial charge in [0, 0.05) is 0 Å². The smallest absolute Gasteiger partial charge is 0.206 e. The van der Waals surface area contributed by atoms with Crippen molar-refractivity contribution in [3.05, 3.63) is 39.9 Å². The van der Waals surface area contributed by atoms with Crippen LogP contribution in [0.3, 0.4) is 0 Å². The molecule has 3 nitrogen and oxygen atoms in total. The van der Waals surface area contributed by atoms with Crippen molar-refractivity contribution in [1.29, 1.82) is 0 Å². The van der Waals surface area contributed by atoms with Crippen LogP contribution in [-0.4, -0.2) is 10.2 Å². The van der Waals surface area contributed by atoms with Crippen LogP contribution in [0.1, 0.15) is 34.7 Å². The van der Waals surface area contributed by atoms with Gasteiger partial charge in [-0.15, -0.1) is 10.2 Å². The maximum Gasteiger partial charge on any atom is 0.206 e. The SMILES string of the molecule is Cc1ccc(C(C)Nc2nnc(C)s2)c(C)c1. The van der Waals surface area contributed by atoms with E-state index in [-0.39, 0.29) is 6.04 Å². The monoisotopic (exact) mass is 247 g/mol. The Labute approximate surface area is 106 Å². The Morgan fingerprint density at radius 2 is 1.94 bits per heavy atom. The van der Waals surface area contributed by atoms with E-state index in [1.54, 1.807) is 11.3 Å². The van der Waals surface area contributed by atoms with E-state index in [0.29, 0.717) is 0 Å². The van der Waals surface area contributed by atoms with Crippen LogP contribution in [0.4, 0.5) is 5.13 Å². The number of nitrogens with zero attached hydrogens (tertiary/aromatic N) is 2. The van der Waals surface area contributed by atoms with Crippen molar-refractivity contribution in [2.75, 3.05) is 5.32 Å². The highest BCUT2D eigenvalue weighted by atomic mass is 32.1. The van der Waals surface area contributed by atoms with Crippen molar-refractivity contribution in [3.63, 3.8) is 0 Å². The van der Waals surface area contributed by atoms with Crippen LogP contribution < -0.4 is 5.32 Å². The molecule has 0 spiro atoms. The number of anilines is 1. The summed E-state index contributed by atoms with van der Waals surface area (Å²) in [6.45, 7) is 8.37. The molecule has 0 fully saturated rings. The number of rotatable bonds is 3. The van der Waals surface area contributed by atoms with Crippen LogP contribution >= 0.6 is 11.3 Å². The highest BCUT2D eigenvalue weighted by Gasteiger charge is 2.10. The molecule has 1 heterocycles. The molecule has 0 saturated heterocycles. The first-order valence-corrected chi connectivity index (χ1v) is 6.51. The minimum absolute atomic E-state index is 0.253. The predicted octanol–water partition coefficient (Wildman–Crippen LogP) is 3.64. The maximum atomic E-state index is 4.09. The summed E-state index contributed by atoms with van der Waals surface area (Å²) in [5.41, 5.74) is 3.92. The van der Waals surface area contributed by atoms with Crippen LogP contribution in [-0.2, 0) is 0 Å². The van der Waals surface area contributed by atoms with Crippen LogP contribution in [0.15, 0.2) is 18.2 Å². The number of aromatic nitrogens is 2. The average Bonchev–Trinajstić information content (AvgIpc) is 2.63. The number of benzene rings is 1. The maximum absolute atomic E-state index is 4.09. The Bertz CT molecular complexity index is 519. The van der Waals surface area contributed by atoms with Gasteiger partial charge in [0.25, 0.3) is 0 Å². The Morgan fingerprint density at radius 1 is 1.18 bits per heavy atom. The van der Waals surface area contributed by atoms with Gasteiger partial charge in [-0.25, -0.2) is 0 Å². The molecule has 2 aromatic rings. The second kappa shape index (κ2) is 4.84. The van der Waals surface area contributed by atoms with Gasteiger partial charge in [0.1, 0.15) is 5.01 Å². The van der Waals surface area contributed by atoms with Crippen molar-refractivity contribution < 1.29 is 0 Å². The number of hydrogen-bond donors (Lipinski definition) is 1. The van der Waals surface area contributed by atoms with Gasteiger partial charge in [-0.2, -0.15) is 0 Å². The van der Waals surface area contributed by atoms with Crippen molar-refractivity contribution in [2.24, 2.45) is 0 Å². The molecular weight excluding hydrogens is 230 g/mol. The van der Waals surface area contributed by atoms with Gasteiger partial charge in [0.2, 0.25) is 5.13 Å². The van der Waals surface area contributed by atoms with Gasteiger partial charge >= 0.3 is 0 Å². The Hall–Kier alpha value is -1.42. The first-order chi connectivity index (χ1) is 8.06. The molecule has 1 unspecified atom stereocenters. The van der Waals surface area contributed by atoms with Gasteiger partial charge in [-0.3, -0.25) is 0 Å². The van der Waals surface area contributed by atoms with Crippen LogP contribution in [0.2, 0.25) is 0 Å². The van der Waals surface area contributed by atoms with E-state index in [1.807, 2.05) is 6.92 Å².